The van der Waals surface area contributed by atoms with E-state index in [9.17, 15) is 29.7 Å². The van der Waals surface area contributed by atoms with Crippen molar-refractivity contribution in [3.05, 3.63) is 70.4 Å². The lowest BCUT2D eigenvalue weighted by Crippen LogP contribution is -2.50. The van der Waals surface area contributed by atoms with Crippen LogP contribution in [-0.2, 0) is 41.6 Å². The molecule has 0 radical (unpaired) electrons. The van der Waals surface area contributed by atoms with Gasteiger partial charge in [-0.1, -0.05) is 24.3 Å². The van der Waals surface area contributed by atoms with Crippen LogP contribution in [0, 0.1) is 0 Å². The van der Waals surface area contributed by atoms with Crippen LogP contribution in [0.25, 0.3) is 20.2 Å². The molecule has 2 aromatic carbocycles. The van der Waals surface area contributed by atoms with Crippen LogP contribution < -0.4 is 0 Å². The van der Waals surface area contributed by atoms with Crippen LogP contribution in [0.5, 0.6) is 0 Å². The van der Waals surface area contributed by atoms with E-state index in [1.807, 2.05) is 0 Å². The summed E-state index contributed by atoms with van der Waals surface area (Å²) in [7, 11) is 0. The summed E-state index contributed by atoms with van der Waals surface area (Å²) in [6.45, 7) is 8.62. The molecule has 4 heterocycles. The maximum Gasteiger partial charge on any atom is 0.374 e. The van der Waals surface area contributed by atoms with Crippen LogP contribution >= 0.6 is 22.7 Å². The van der Waals surface area contributed by atoms with Gasteiger partial charge in [0.15, 0.2) is 5.60 Å². The molecule has 0 bridgehead atoms. The number of carbonyl (C=O) groups excluding carboxylic acids is 1. The molecule has 0 saturated carbocycles. The number of carbonyl (C=O) groups is 3. The molecule has 14 nitrogen and oxygen atoms in total. The van der Waals surface area contributed by atoms with Crippen molar-refractivity contribution in [3.8, 4) is 0 Å². The van der Waals surface area contributed by atoms with Crippen molar-refractivity contribution in [2.24, 2.45) is 0 Å². The summed E-state index contributed by atoms with van der Waals surface area (Å²) in [6, 6.07) is 17.7. The summed E-state index contributed by atoms with van der Waals surface area (Å²) in [5.74, 6) is -4.92. The van der Waals surface area contributed by atoms with E-state index < -0.39 is 36.4 Å². The molecular weight excluding hydrogens is 741 g/mol. The molecule has 2 aliphatic heterocycles. The topological polar surface area (TPSA) is 207 Å². The van der Waals surface area contributed by atoms with E-state index in [1.165, 1.54) is 31.3 Å². The molecule has 0 amide bonds. The zero-order valence-electron chi connectivity index (χ0n) is 30.1. The molecule has 296 valence electrons. The van der Waals surface area contributed by atoms with Gasteiger partial charge in [-0.05, 0) is 82.6 Å². The number of thiophene rings is 2. The van der Waals surface area contributed by atoms with Gasteiger partial charge in [0.05, 0.1) is 38.3 Å². The Morgan fingerprint density at radius 3 is 1.48 bits per heavy atom. The number of aliphatic carboxylic acids is 2. The maximum atomic E-state index is 10.7. The van der Waals surface area contributed by atoms with Crippen molar-refractivity contribution < 1.29 is 59.5 Å². The first-order chi connectivity index (χ1) is 25.9. The third kappa shape index (κ3) is 14.6. The molecule has 6 rings (SSSR count). The fourth-order valence-electron chi connectivity index (χ4n) is 5.95. The lowest BCUT2D eigenvalue weighted by atomic mass is 9.96. The number of likely N-dealkylation sites (tertiary alicyclic amines) is 2. The number of benzene rings is 2. The van der Waals surface area contributed by atoms with Crippen LogP contribution in [0.3, 0.4) is 0 Å². The highest BCUT2D eigenvalue weighted by Crippen LogP contribution is 2.23. The molecule has 0 unspecified atom stereocenters. The van der Waals surface area contributed by atoms with Gasteiger partial charge in [-0.2, -0.15) is 5.26 Å². The van der Waals surface area contributed by atoms with Crippen LogP contribution in [-0.4, -0.2) is 142 Å². The number of rotatable bonds is 19. The van der Waals surface area contributed by atoms with E-state index in [0.717, 1.165) is 91.4 Å². The first kappa shape index (κ1) is 43.2. The highest BCUT2D eigenvalue weighted by molar-refractivity contribution is 7.17. The highest BCUT2D eigenvalue weighted by Gasteiger charge is 2.43. The number of carboxylic acids is 2. The van der Waals surface area contributed by atoms with Crippen LogP contribution in [0.1, 0.15) is 36.8 Å². The van der Waals surface area contributed by atoms with Gasteiger partial charge in [0.25, 0.3) is 0 Å². The molecule has 0 aliphatic carbocycles. The average Bonchev–Trinajstić information content (AvgIpc) is 3.78. The van der Waals surface area contributed by atoms with E-state index >= 15 is 0 Å². The quantitative estimate of drug-likeness (QED) is 0.0455. The Hall–Kier alpha value is -3.55. The van der Waals surface area contributed by atoms with E-state index in [0.29, 0.717) is 0 Å². The molecule has 6 N–H and O–H groups in total. The third-order valence-electron chi connectivity index (χ3n) is 8.86. The molecule has 2 aliphatic rings. The SMILES string of the molecule is O=C(O)CC(O)(CC(=O)O)C(=O)OO.OC1CN(CCCOCCc2ccc3sccc3c2)C1.OC1CN(CCCOCCc2ccc3sccc3c2)C1. The van der Waals surface area contributed by atoms with Crippen LogP contribution in [0.2, 0.25) is 0 Å². The van der Waals surface area contributed by atoms with Gasteiger partial charge in [0.2, 0.25) is 0 Å². The van der Waals surface area contributed by atoms with Gasteiger partial charge in [0.1, 0.15) is 0 Å². The zero-order valence-corrected chi connectivity index (χ0v) is 31.7. The zero-order chi connectivity index (χ0) is 38.9. The smallest absolute Gasteiger partial charge is 0.374 e. The summed E-state index contributed by atoms with van der Waals surface area (Å²) in [5.41, 5.74) is -0.0598. The van der Waals surface area contributed by atoms with E-state index in [1.54, 1.807) is 22.7 Å². The molecular formula is C38H50N2O12S2. The van der Waals surface area contributed by atoms with Gasteiger partial charge in [-0.3, -0.25) is 24.3 Å². The summed E-state index contributed by atoms with van der Waals surface area (Å²) < 4.78 is 14.1. The van der Waals surface area contributed by atoms with Crippen molar-refractivity contribution in [3.63, 3.8) is 0 Å². The van der Waals surface area contributed by atoms with Crippen molar-refractivity contribution in [1.29, 1.82) is 0 Å². The third-order valence-corrected chi connectivity index (χ3v) is 10.7. The first-order valence-electron chi connectivity index (χ1n) is 17.8. The van der Waals surface area contributed by atoms with E-state index in [4.69, 9.17) is 24.9 Å². The van der Waals surface area contributed by atoms with Gasteiger partial charge in [-0.25, -0.2) is 4.79 Å². The fourth-order valence-corrected chi connectivity index (χ4v) is 7.49. The normalized spacial score (nSPS) is 15.1. The van der Waals surface area contributed by atoms with E-state index in [-0.39, 0.29) is 12.2 Å². The Bertz CT molecular complexity index is 1640. The number of hydrogen-bond acceptors (Lipinski definition) is 14. The molecule has 2 saturated heterocycles. The minimum absolute atomic E-state index is 0.0945. The average molecular weight is 791 g/mol. The number of fused-ring (bicyclic) bond motifs is 2. The summed E-state index contributed by atoms with van der Waals surface area (Å²) >= 11 is 3.58. The largest absolute Gasteiger partial charge is 0.481 e. The van der Waals surface area contributed by atoms with Crippen LogP contribution in [0.4, 0.5) is 0 Å². The number of ether oxygens (including phenoxy) is 2. The van der Waals surface area contributed by atoms with Crippen molar-refractivity contribution >= 4 is 60.8 Å². The molecule has 2 aromatic heterocycles. The van der Waals surface area contributed by atoms with Gasteiger partial charge < -0.3 is 35.0 Å². The van der Waals surface area contributed by atoms with Gasteiger partial charge >= 0.3 is 17.9 Å². The van der Waals surface area contributed by atoms with Crippen LogP contribution in [0.15, 0.2) is 59.3 Å². The lowest BCUT2D eigenvalue weighted by Gasteiger charge is -2.35. The Balaban J connectivity index is 0.000000185. The van der Waals surface area contributed by atoms with E-state index in [2.05, 4.69) is 74.0 Å². The predicted molar refractivity (Wildman–Crippen MR) is 205 cm³/mol. The van der Waals surface area contributed by atoms with Crippen molar-refractivity contribution in [2.75, 3.05) is 65.7 Å². The number of hydrogen-bond donors (Lipinski definition) is 6. The summed E-state index contributed by atoms with van der Waals surface area (Å²) in [5, 5.41) is 58.9. The standard InChI is InChI=1S/2C16H21NO2S.C6H8O8/c2*18-15-11-17(12-15)6-1-7-19-8-4-13-2-3-16-14(10-13)5-9-20-16;7-3(8)1-6(12,2-4(9)10)5(11)14-13/h2*2-3,5,9-10,15,18H,1,4,6-8,11-12H2;12-13H,1-2H2,(H,7,8)(H,9,10). The highest BCUT2D eigenvalue weighted by atomic mass is 32.1. The Morgan fingerprint density at radius 2 is 1.11 bits per heavy atom. The second kappa shape index (κ2) is 22.1. The minimum Gasteiger partial charge on any atom is -0.481 e. The summed E-state index contributed by atoms with van der Waals surface area (Å²) in [6.07, 6.45) is 1.54. The predicted octanol–water partition coefficient (Wildman–Crippen LogP) is 3.74. The molecule has 4 aromatic rings. The lowest BCUT2D eigenvalue weighted by molar-refractivity contribution is -0.253. The molecule has 2 fully saturated rings. The monoisotopic (exact) mass is 790 g/mol. The molecule has 0 spiro atoms. The summed E-state index contributed by atoms with van der Waals surface area (Å²) in [4.78, 5) is 38.6. The first-order valence-corrected chi connectivity index (χ1v) is 19.6. The second-order valence-electron chi connectivity index (χ2n) is 13.4. The number of aliphatic hydroxyl groups excluding tert-OH is 2. The van der Waals surface area contributed by atoms with Crippen molar-refractivity contribution in [1.82, 2.24) is 9.80 Å². The maximum absolute atomic E-state index is 10.7. The Labute approximate surface area is 321 Å². The molecule has 0 atom stereocenters. The fraction of sp³-hybridized carbons (Fsp3) is 0.500. The molecule has 16 heteroatoms. The number of aliphatic hydroxyl groups is 3. The van der Waals surface area contributed by atoms with Crippen molar-refractivity contribution in [2.45, 2.75) is 56.3 Å². The van der Waals surface area contributed by atoms with Gasteiger partial charge in [0, 0.05) is 61.9 Å². The Kier molecular flexibility index (Phi) is 17.7. The molecule has 54 heavy (non-hydrogen) atoms. The number of nitrogens with zero attached hydrogens (tertiary/aromatic N) is 2. The second-order valence-corrected chi connectivity index (χ2v) is 15.3. The number of β-amino-alcohol motifs (C(OH)–C–C–N with tert-alkyl or cyclic N) is 2. The Morgan fingerprint density at radius 1 is 0.685 bits per heavy atom. The number of carboxylic acid groups (broad SMARTS) is 2. The van der Waals surface area contributed by atoms with Gasteiger partial charge in [-0.15, -0.1) is 22.7 Å². The minimum atomic E-state index is -2.76.